The first-order valence-corrected chi connectivity index (χ1v) is 5.66. The maximum absolute atomic E-state index is 12.2. The van der Waals surface area contributed by atoms with E-state index in [0.717, 1.165) is 5.56 Å². The molecule has 17 heavy (non-hydrogen) atoms. The Hall–Kier alpha value is -1.86. The number of hydrogen-bond donors (Lipinski definition) is 1. The van der Waals surface area contributed by atoms with Crippen molar-refractivity contribution in [3.63, 3.8) is 0 Å². The van der Waals surface area contributed by atoms with Crippen LogP contribution in [0, 0.1) is 11.3 Å². The van der Waals surface area contributed by atoms with Crippen molar-refractivity contribution in [1.82, 2.24) is 4.90 Å². The molecule has 1 aromatic rings. The smallest absolute Gasteiger partial charge is 0.255 e. The summed E-state index contributed by atoms with van der Waals surface area (Å²) >= 11 is 0. The van der Waals surface area contributed by atoms with Gasteiger partial charge in [0.2, 0.25) is 0 Å². The minimum atomic E-state index is -0.573. The summed E-state index contributed by atoms with van der Waals surface area (Å²) in [7, 11) is 0. The van der Waals surface area contributed by atoms with Crippen molar-refractivity contribution in [1.29, 1.82) is 5.26 Å². The zero-order valence-corrected chi connectivity index (χ0v) is 9.63. The third-order valence-electron chi connectivity index (χ3n) is 3.20. The van der Waals surface area contributed by atoms with Gasteiger partial charge in [0.1, 0.15) is 6.04 Å². The van der Waals surface area contributed by atoms with Gasteiger partial charge in [0.25, 0.3) is 5.91 Å². The highest BCUT2D eigenvalue weighted by atomic mass is 16.3. The third kappa shape index (κ3) is 1.69. The quantitative estimate of drug-likeness (QED) is 0.855. The van der Waals surface area contributed by atoms with Crippen molar-refractivity contribution < 1.29 is 9.90 Å². The van der Waals surface area contributed by atoms with Crippen LogP contribution in [0.25, 0.3) is 0 Å². The van der Waals surface area contributed by atoms with Crippen LogP contribution < -0.4 is 0 Å². The van der Waals surface area contributed by atoms with Gasteiger partial charge in [-0.3, -0.25) is 4.79 Å². The number of carbonyl (C=O) groups excluding carboxylic acids is 1. The second-order valence-electron chi connectivity index (χ2n) is 4.08. The van der Waals surface area contributed by atoms with Gasteiger partial charge in [0.15, 0.2) is 0 Å². The molecule has 2 unspecified atom stereocenters. The highest BCUT2D eigenvalue weighted by molar-refractivity contribution is 5.99. The van der Waals surface area contributed by atoms with Gasteiger partial charge in [-0.2, -0.15) is 5.26 Å². The van der Waals surface area contributed by atoms with E-state index in [1.807, 2.05) is 13.0 Å². The number of aliphatic hydroxyl groups excluding tert-OH is 1. The Labute approximate surface area is 100 Å². The van der Waals surface area contributed by atoms with Gasteiger partial charge in [-0.15, -0.1) is 0 Å². The second-order valence-corrected chi connectivity index (χ2v) is 4.08. The first-order valence-electron chi connectivity index (χ1n) is 5.66. The average Bonchev–Trinajstić information content (AvgIpc) is 2.65. The lowest BCUT2D eigenvalue weighted by molar-refractivity contribution is 0.0572. The van der Waals surface area contributed by atoms with E-state index in [1.54, 1.807) is 18.2 Å². The molecule has 1 N–H and O–H groups in total. The van der Waals surface area contributed by atoms with Crippen molar-refractivity contribution >= 4 is 5.91 Å². The Morgan fingerprint density at radius 1 is 1.53 bits per heavy atom. The van der Waals surface area contributed by atoms with E-state index >= 15 is 0 Å². The van der Waals surface area contributed by atoms with Gasteiger partial charge >= 0.3 is 0 Å². The molecule has 2 rings (SSSR count). The van der Waals surface area contributed by atoms with E-state index in [-0.39, 0.29) is 18.6 Å². The Morgan fingerprint density at radius 2 is 2.24 bits per heavy atom. The highest BCUT2D eigenvalue weighted by Crippen LogP contribution is 2.34. The number of nitriles is 1. The van der Waals surface area contributed by atoms with E-state index in [1.165, 1.54) is 4.90 Å². The molecule has 1 heterocycles. The summed E-state index contributed by atoms with van der Waals surface area (Å²) in [6.07, 6.45) is 0.633. The van der Waals surface area contributed by atoms with Crippen molar-refractivity contribution in [2.75, 3.05) is 6.61 Å². The van der Waals surface area contributed by atoms with Gasteiger partial charge in [-0.1, -0.05) is 25.1 Å². The largest absolute Gasteiger partial charge is 0.394 e. The molecule has 4 nitrogen and oxygen atoms in total. The first kappa shape index (κ1) is 11.6. The van der Waals surface area contributed by atoms with Crippen LogP contribution in [0.5, 0.6) is 0 Å². The lowest BCUT2D eigenvalue weighted by atomic mass is 10.1. The predicted octanol–water partition coefficient (Wildman–Crippen LogP) is 1.48. The zero-order chi connectivity index (χ0) is 12.4. The normalized spacial score (nSPS) is 19.9. The minimum absolute atomic E-state index is 0.117. The summed E-state index contributed by atoms with van der Waals surface area (Å²) in [5, 5.41) is 18.5. The van der Waals surface area contributed by atoms with Crippen molar-refractivity contribution in [2.45, 2.75) is 25.4 Å². The molecule has 1 amide bonds. The first-order chi connectivity index (χ1) is 8.24. The molecule has 0 aliphatic carbocycles. The topological polar surface area (TPSA) is 64.3 Å². The average molecular weight is 230 g/mol. The summed E-state index contributed by atoms with van der Waals surface area (Å²) in [6.45, 7) is 1.78. The minimum Gasteiger partial charge on any atom is -0.394 e. The maximum Gasteiger partial charge on any atom is 0.255 e. The molecule has 0 fully saturated rings. The molecule has 0 spiro atoms. The van der Waals surface area contributed by atoms with Crippen LogP contribution in [-0.2, 0) is 0 Å². The lowest BCUT2D eigenvalue weighted by Crippen LogP contribution is -2.39. The molecule has 1 aliphatic heterocycles. The van der Waals surface area contributed by atoms with E-state index in [0.29, 0.717) is 12.0 Å². The van der Waals surface area contributed by atoms with Gasteiger partial charge in [0, 0.05) is 11.1 Å². The molecule has 0 radical (unpaired) electrons. The van der Waals surface area contributed by atoms with Crippen molar-refractivity contribution in [3.8, 4) is 6.07 Å². The van der Waals surface area contributed by atoms with Crippen LogP contribution in [0.2, 0.25) is 0 Å². The molecule has 88 valence electrons. The summed E-state index contributed by atoms with van der Waals surface area (Å²) in [4.78, 5) is 13.7. The van der Waals surface area contributed by atoms with Crippen molar-refractivity contribution in [3.05, 3.63) is 35.4 Å². The molecular formula is C13H14N2O2. The fourth-order valence-corrected chi connectivity index (χ4v) is 2.26. The number of nitrogens with zero attached hydrogens (tertiary/aromatic N) is 2. The Morgan fingerprint density at radius 3 is 2.82 bits per heavy atom. The zero-order valence-electron chi connectivity index (χ0n) is 9.63. The highest BCUT2D eigenvalue weighted by Gasteiger charge is 2.39. The summed E-state index contributed by atoms with van der Waals surface area (Å²) in [5.74, 6) is -0.159. The monoisotopic (exact) mass is 230 g/mol. The number of carbonyl (C=O) groups is 1. The van der Waals surface area contributed by atoms with Crippen LogP contribution in [0.15, 0.2) is 24.3 Å². The van der Waals surface area contributed by atoms with Gasteiger partial charge in [-0.25, -0.2) is 0 Å². The van der Waals surface area contributed by atoms with Crippen LogP contribution in [0.3, 0.4) is 0 Å². The van der Waals surface area contributed by atoms with E-state index in [9.17, 15) is 15.2 Å². The fraction of sp³-hybridized carbons (Fsp3) is 0.385. The van der Waals surface area contributed by atoms with Gasteiger partial charge in [-0.05, 0) is 12.5 Å². The Bertz CT molecular complexity index is 475. The van der Waals surface area contributed by atoms with E-state index in [4.69, 9.17) is 0 Å². The molecule has 1 aliphatic rings. The molecule has 0 saturated heterocycles. The number of rotatable bonds is 3. The number of hydrogen-bond acceptors (Lipinski definition) is 3. The predicted molar refractivity (Wildman–Crippen MR) is 62.1 cm³/mol. The number of benzene rings is 1. The van der Waals surface area contributed by atoms with Crippen molar-refractivity contribution in [2.24, 2.45) is 0 Å². The van der Waals surface area contributed by atoms with Crippen LogP contribution in [-0.4, -0.2) is 28.6 Å². The van der Waals surface area contributed by atoms with Crippen LogP contribution >= 0.6 is 0 Å². The molecular weight excluding hydrogens is 216 g/mol. The summed E-state index contributed by atoms with van der Waals surface area (Å²) in [6, 6.07) is 8.41. The maximum atomic E-state index is 12.2. The molecule has 0 aromatic heterocycles. The second kappa shape index (κ2) is 4.56. The summed E-state index contributed by atoms with van der Waals surface area (Å²) in [5.41, 5.74) is 1.32. The van der Waals surface area contributed by atoms with Crippen LogP contribution in [0.1, 0.15) is 35.3 Å². The molecule has 4 heteroatoms. The van der Waals surface area contributed by atoms with Gasteiger partial charge < -0.3 is 10.0 Å². The Balaban J connectivity index is 2.46. The number of fused-ring (bicyclic) bond motifs is 1. The number of amides is 1. The van der Waals surface area contributed by atoms with Gasteiger partial charge in [0.05, 0.1) is 18.7 Å². The Kier molecular flexibility index (Phi) is 3.12. The fourth-order valence-electron chi connectivity index (χ4n) is 2.26. The molecule has 1 aromatic carbocycles. The molecule has 0 saturated carbocycles. The van der Waals surface area contributed by atoms with E-state index in [2.05, 4.69) is 6.07 Å². The SMILES string of the molecule is CCC(CO)N1C(=O)c2ccccc2C1C#N. The summed E-state index contributed by atoms with van der Waals surface area (Å²) < 4.78 is 0. The lowest BCUT2D eigenvalue weighted by Gasteiger charge is -2.28. The standard InChI is InChI=1S/C13H14N2O2/c1-2-9(8-16)15-12(7-14)10-5-3-4-6-11(10)13(15)17/h3-6,9,12,16H,2,8H2,1H3. The number of aliphatic hydroxyl groups is 1. The molecule has 0 bridgehead atoms. The van der Waals surface area contributed by atoms with Crippen LogP contribution in [0.4, 0.5) is 0 Å². The molecule has 2 atom stereocenters. The third-order valence-corrected chi connectivity index (χ3v) is 3.20. The van der Waals surface area contributed by atoms with E-state index < -0.39 is 6.04 Å².